The lowest BCUT2D eigenvalue weighted by Crippen LogP contribution is -2.36. The molecule has 1 amide bonds. The summed E-state index contributed by atoms with van der Waals surface area (Å²) in [5, 5.41) is 0. The van der Waals surface area contributed by atoms with Crippen molar-refractivity contribution >= 4 is 18.3 Å². The van der Waals surface area contributed by atoms with Crippen LogP contribution in [0.4, 0.5) is 13.2 Å². The Labute approximate surface area is 176 Å². The van der Waals surface area contributed by atoms with Crippen LogP contribution in [0.3, 0.4) is 0 Å². The number of benzene rings is 1. The fourth-order valence-electron chi connectivity index (χ4n) is 3.96. The predicted molar refractivity (Wildman–Crippen MR) is 109 cm³/mol. The van der Waals surface area contributed by atoms with Gasteiger partial charge in [-0.2, -0.15) is 13.2 Å². The molecule has 29 heavy (non-hydrogen) atoms. The number of piperidine rings is 2. The van der Waals surface area contributed by atoms with Crippen LogP contribution in [0.5, 0.6) is 5.75 Å². The van der Waals surface area contributed by atoms with Crippen LogP contribution >= 0.6 is 12.4 Å². The first-order valence-electron chi connectivity index (χ1n) is 10.3. The van der Waals surface area contributed by atoms with E-state index in [0.717, 1.165) is 51.4 Å². The van der Waals surface area contributed by atoms with E-state index in [0.29, 0.717) is 19.7 Å². The van der Waals surface area contributed by atoms with Crippen LogP contribution in [0, 0.1) is 0 Å². The van der Waals surface area contributed by atoms with Gasteiger partial charge in [0.25, 0.3) is 5.91 Å². The van der Waals surface area contributed by atoms with Crippen LogP contribution < -0.4 is 4.74 Å². The zero-order valence-electron chi connectivity index (χ0n) is 16.7. The second-order valence-corrected chi connectivity index (χ2v) is 7.66. The quantitative estimate of drug-likeness (QED) is 0.590. The van der Waals surface area contributed by atoms with Gasteiger partial charge in [0.15, 0.2) is 0 Å². The van der Waals surface area contributed by atoms with Crippen molar-refractivity contribution in [3.8, 4) is 5.75 Å². The molecule has 2 aliphatic heterocycles. The molecule has 0 saturated carbocycles. The van der Waals surface area contributed by atoms with Crippen molar-refractivity contribution in [3.63, 3.8) is 0 Å². The van der Waals surface area contributed by atoms with Gasteiger partial charge in [-0.15, -0.1) is 12.4 Å². The van der Waals surface area contributed by atoms with E-state index in [1.807, 2.05) is 0 Å². The Morgan fingerprint density at radius 2 is 1.59 bits per heavy atom. The van der Waals surface area contributed by atoms with E-state index in [1.54, 1.807) is 0 Å². The molecule has 3 rings (SSSR count). The molecule has 1 aromatic rings. The fraction of sp³-hybridized carbons (Fsp3) is 0.667. The highest BCUT2D eigenvalue weighted by Crippen LogP contribution is 2.35. The maximum Gasteiger partial charge on any atom is 0.417 e. The molecule has 8 heteroatoms. The third kappa shape index (κ3) is 6.78. The zero-order valence-corrected chi connectivity index (χ0v) is 17.5. The Balaban J connectivity index is 0.00000300. The number of halogens is 4. The number of rotatable bonds is 6. The van der Waals surface area contributed by atoms with E-state index in [2.05, 4.69) is 4.90 Å². The third-order valence-electron chi connectivity index (χ3n) is 5.51. The number of alkyl halides is 3. The van der Waals surface area contributed by atoms with E-state index < -0.39 is 17.6 Å². The molecule has 0 N–H and O–H groups in total. The Kier molecular flexibility index (Phi) is 9.08. The van der Waals surface area contributed by atoms with E-state index in [-0.39, 0.29) is 23.7 Å². The van der Waals surface area contributed by atoms with Crippen molar-refractivity contribution in [1.29, 1.82) is 0 Å². The first-order valence-corrected chi connectivity index (χ1v) is 10.3. The van der Waals surface area contributed by atoms with Crippen molar-refractivity contribution in [1.82, 2.24) is 9.80 Å². The van der Waals surface area contributed by atoms with Crippen molar-refractivity contribution in [3.05, 3.63) is 29.3 Å². The summed E-state index contributed by atoms with van der Waals surface area (Å²) < 4.78 is 46.2. The van der Waals surface area contributed by atoms with Gasteiger partial charge < -0.3 is 14.5 Å². The molecule has 0 atom stereocenters. The Morgan fingerprint density at radius 3 is 2.21 bits per heavy atom. The maximum absolute atomic E-state index is 13.6. The normalized spacial score (nSPS) is 18.2. The van der Waals surface area contributed by atoms with Crippen molar-refractivity contribution in [2.24, 2.45) is 0 Å². The van der Waals surface area contributed by atoms with Gasteiger partial charge in [0, 0.05) is 19.6 Å². The number of likely N-dealkylation sites (tertiary alicyclic amines) is 2. The molecule has 0 aliphatic carbocycles. The summed E-state index contributed by atoms with van der Waals surface area (Å²) in [5.41, 5.74) is -1.19. The Bertz CT molecular complexity index is 658. The largest absolute Gasteiger partial charge is 0.494 e. The monoisotopic (exact) mass is 434 g/mol. The predicted octanol–water partition coefficient (Wildman–Crippen LogP) is 5.01. The van der Waals surface area contributed by atoms with Crippen molar-refractivity contribution in [2.45, 2.75) is 51.1 Å². The van der Waals surface area contributed by atoms with Gasteiger partial charge in [0.1, 0.15) is 5.75 Å². The average molecular weight is 435 g/mol. The smallest absolute Gasteiger partial charge is 0.417 e. The molecule has 4 nitrogen and oxygen atoms in total. The highest BCUT2D eigenvalue weighted by Gasteiger charge is 2.37. The summed E-state index contributed by atoms with van der Waals surface area (Å²) >= 11 is 0. The SMILES string of the molecule is Cl.O=C(c1ccc(OCCCN2CCCCC2)cc1C(F)(F)F)N1CCCCC1. The fourth-order valence-corrected chi connectivity index (χ4v) is 3.96. The molecular formula is C21H30ClF3N2O2. The van der Waals surface area contributed by atoms with Crippen LogP contribution in [0.2, 0.25) is 0 Å². The summed E-state index contributed by atoms with van der Waals surface area (Å²) in [7, 11) is 0. The van der Waals surface area contributed by atoms with Gasteiger partial charge in [-0.1, -0.05) is 6.42 Å². The minimum absolute atomic E-state index is 0. The zero-order chi connectivity index (χ0) is 20.0. The first-order chi connectivity index (χ1) is 13.4. The van der Waals surface area contributed by atoms with Gasteiger partial charge in [0.05, 0.1) is 17.7 Å². The van der Waals surface area contributed by atoms with E-state index in [9.17, 15) is 18.0 Å². The first kappa shape index (κ1) is 23.8. The number of carbonyl (C=O) groups excluding carboxylic acids is 1. The topological polar surface area (TPSA) is 32.8 Å². The van der Waals surface area contributed by atoms with E-state index in [4.69, 9.17) is 4.74 Å². The summed E-state index contributed by atoms with van der Waals surface area (Å²) in [6.07, 6.45) is 2.57. The summed E-state index contributed by atoms with van der Waals surface area (Å²) in [4.78, 5) is 16.5. The van der Waals surface area contributed by atoms with Crippen LogP contribution in [0.25, 0.3) is 0 Å². The molecule has 0 unspecified atom stereocenters. The molecule has 0 radical (unpaired) electrons. The molecule has 164 valence electrons. The molecular weight excluding hydrogens is 405 g/mol. The highest BCUT2D eigenvalue weighted by molar-refractivity contribution is 5.96. The molecule has 1 aromatic carbocycles. The van der Waals surface area contributed by atoms with Crippen LogP contribution in [0.15, 0.2) is 18.2 Å². The lowest BCUT2D eigenvalue weighted by molar-refractivity contribution is -0.138. The summed E-state index contributed by atoms with van der Waals surface area (Å²) in [6.45, 7) is 4.48. The number of amides is 1. The number of ether oxygens (including phenoxy) is 1. The van der Waals surface area contributed by atoms with Crippen LogP contribution in [-0.4, -0.2) is 55.0 Å². The maximum atomic E-state index is 13.6. The lowest BCUT2D eigenvalue weighted by Gasteiger charge is -2.28. The van der Waals surface area contributed by atoms with Gasteiger partial charge in [-0.05, 0) is 69.8 Å². The van der Waals surface area contributed by atoms with Crippen LogP contribution in [-0.2, 0) is 6.18 Å². The third-order valence-corrected chi connectivity index (χ3v) is 5.51. The van der Waals surface area contributed by atoms with Crippen molar-refractivity contribution in [2.75, 3.05) is 39.3 Å². The van der Waals surface area contributed by atoms with Gasteiger partial charge in [0.2, 0.25) is 0 Å². The highest BCUT2D eigenvalue weighted by atomic mass is 35.5. The van der Waals surface area contributed by atoms with Crippen molar-refractivity contribution < 1.29 is 22.7 Å². The summed E-state index contributed by atoms with van der Waals surface area (Å²) in [6, 6.07) is 3.71. The van der Waals surface area contributed by atoms with Gasteiger partial charge >= 0.3 is 6.18 Å². The minimum atomic E-state index is -4.59. The standard InChI is InChI=1S/C21H29F3N2O2.ClH/c22-21(23,24)19-16-17(28-15-7-12-25-10-3-1-4-11-25)8-9-18(19)20(27)26-13-5-2-6-14-26;/h8-9,16H,1-7,10-15H2;1H. The molecule has 2 heterocycles. The molecule has 0 bridgehead atoms. The van der Waals surface area contributed by atoms with Gasteiger partial charge in [-0.3, -0.25) is 4.79 Å². The Morgan fingerprint density at radius 1 is 0.966 bits per heavy atom. The number of hydrogen-bond donors (Lipinski definition) is 0. The number of nitrogens with zero attached hydrogens (tertiary/aromatic N) is 2. The molecule has 2 fully saturated rings. The van der Waals surface area contributed by atoms with E-state index >= 15 is 0 Å². The van der Waals surface area contributed by atoms with E-state index in [1.165, 1.54) is 36.3 Å². The average Bonchev–Trinajstić information content (AvgIpc) is 2.71. The molecule has 2 saturated heterocycles. The van der Waals surface area contributed by atoms with Crippen LogP contribution in [0.1, 0.15) is 60.9 Å². The molecule has 2 aliphatic rings. The molecule has 0 spiro atoms. The van der Waals surface area contributed by atoms with Gasteiger partial charge in [-0.25, -0.2) is 0 Å². The lowest BCUT2D eigenvalue weighted by atomic mass is 10.0. The summed E-state index contributed by atoms with van der Waals surface area (Å²) in [5.74, 6) is -0.371. The second-order valence-electron chi connectivity index (χ2n) is 7.66. The molecule has 0 aromatic heterocycles. The Hall–Kier alpha value is -1.47. The second kappa shape index (κ2) is 11.1. The number of carbonyl (C=O) groups is 1. The minimum Gasteiger partial charge on any atom is -0.494 e. The number of hydrogen-bond acceptors (Lipinski definition) is 3.